The van der Waals surface area contributed by atoms with Gasteiger partial charge in [-0.3, -0.25) is 4.99 Å². The summed E-state index contributed by atoms with van der Waals surface area (Å²) >= 11 is 5.87. The van der Waals surface area contributed by atoms with Gasteiger partial charge in [0.05, 0.1) is 13.2 Å². The second kappa shape index (κ2) is 7.54. The molecule has 2 aliphatic rings. The van der Waals surface area contributed by atoms with Gasteiger partial charge in [-0.15, -0.1) is 0 Å². The largest absolute Gasteiger partial charge is 0.375 e. The van der Waals surface area contributed by atoms with E-state index >= 15 is 0 Å². The number of hydrogen-bond donors (Lipinski definition) is 1. The molecule has 0 aromatic heterocycles. The van der Waals surface area contributed by atoms with Crippen LogP contribution in [-0.2, 0) is 11.3 Å². The zero-order valence-electron chi connectivity index (χ0n) is 13.9. The summed E-state index contributed by atoms with van der Waals surface area (Å²) in [7, 11) is 1.86. The van der Waals surface area contributed by atoms with Crippen LogP contribution in [0.1, 0.15) is 31.2 Å². The van der Waals surface area contributed by atoms with Gasteiger partial charge >= 0.3 is 0 Å². The zero-order chi connectivity index (χ0) is 16.1. The highest BCUT2D eigenvalue weighted by atomic mass is 35.5. The van der Waals surface area contributed by atoms with E-state index in [1.54, 1.807) is 0 Å². The molecule has 3 rings (SSSR count). The summed E-state index contributed by atoms with van der Waals surface area (Å²) in [5.74, 6) is 1.02. The van der Waals surface area contributed by atoms with Gasteiger partial charge in [0, 0.05) is 31.7 Å². The predicted molar refractivity (Wildman–Crippen MR) is 94.9 cm³/mol. The van der Waals surface area contributed by atoms with Crippen LogP contribution in [0.25, 0.3) is 0 Å². The maximum absolute atomic E-state index is 5.87. The van der Waals surface area contributed by atoms with Crippen molar-refractivity contribution < 1.29 is 4.74 Å². The first-order valence-electron chi connectivity index (χ1n) is 8.49. The molecule has 1 N–H and O–H groups in total. The molecule has 126 valence electrons. The molecule has 0 atom stereocenters. The number of nitrogens with one attached hydrogen (secondary N) is 1. The van der Waals surface area contributed by atoms with Crippen LogP contribution < -0.4 is 5.32 Å². The Morgan fingerprint density at radius 3 is 2.70 bits per heavy atom. The first-order valence-corrected chi connectivity index (χ1v) is 8.86. The Morgan fingerprint density at radius 2 is 2.09 bits per heavy atom. The van der Waals surface area contributed by atoms with E-state index in [0.29, 0.717) is 18.6 Å². The van der Waals surface area contributed by atoms with E-state index in [1.165, 1.54) is 25.7 Å². The molecule has 1 heterocycles. The van der Waals surface area contributed by atoms with Gasteiger partial charge in [-0.2, -0.15) is 0 Å². The molecule has 0 unspecified atom stereocenters. The number of hydrogen-bond acceptors (Lipinski definition) is 2. The van der Waals surface area contributed by atoms with Gasteiger partial charge in [-0.25, -0.2) is 0 Å². The van der Waals surface area contributed by atoms with Crippen LogP contribution in [0.3, 0.4) is 0 Å². The summed E-state index contributed by atoms with van der Waals surface area (Å²) in [4.78, 5) is 6.82. The highest BCUT2D eigenvalue weighted by molar-refractivity contribution is 6.30. The van der Waals surface area contributed by atoms with Gasteiger partial charge in [0.1, 0.15) is 0 Å². The SMILES string of the molecule is CN=C(NCCOCc1ccc(Cl)cc1)N1CCC2(CCC2)C1. The molecule has 5 heteroatoms. The van der Waals surface area contributed by atoms with E-state index in [-0.39, 0.29) is 0 Å². The number of nitrogens with zero attached hydrogens (tertiary/aromatic N) is 2. The quantitative estimate of drug-likeness (QED) is 0.509. The van der Waals surface area contributed by atoms with E-state index in [9.17, 15) is 0 Å². The maximum atomic E-state index is 5.87. The fourth-order valence-electron chi connectivity index (χ4n) is 3.54. The van der Waals surface area contributed by atoms with Crippen molar-refractivity contribution in [2.45, 2.75) is 32.3 Å². The molecule has 4 nitrogen and oxygen atoms in total. The Hall–Kier alpha value is -1.26. The lowest BCUT2D eigenvalue weighted by Crippen LogP contribution is -2.43. The second-order valence-electron chi connectivity index (χ2n) is 6.68. The molecule has 1 aromatic rings. The molecule has 1 saturated carbocycles. The van der Waals surface area contributed by atoms with Crippen molar-refractivity contribution in [3.05, 3.63) is 34.9 Å². The number of likely N-dealkylation sites (tertiary alicyclic amines) is 1. The fraction of sp³-hybridized carbons (Fsp3) is 0.611. The Kier molecular flexibility index (Phi) is 5.44. The molecule has 0 amide bonds. The maximum Gasteiger partial charge on any atom is 0.193 e. The summed E-state index contributed by atoms with van der Waals surface area (Å²) < 4.78 is 5.71. The number of aliphatic imine (C=N–C) groups is 1. The van der Waals surface area contributed by atoms with Gasteiger partial charge < -0.3 is 15.0 Å². The highest BCUT2D eigenvalue weighted by Gasteiger charge is 2.43. The minimum Gasteiger partial charge on any atom is -0.375 e. The van der Waals surface area contributed by atoms with Crippen molar-refractivity contribution in [3.63, 3.8) is 0 Å². The molecule has 0 radical (unpaired) electrons. The molecule has 23 heavy (non-hydrogen) atoms. The van der Waals surface area contributed by atoms with Crippen LogP contribution in [0.4, 0.5) is 0 Å². The minimum atomic E-state index is 0.600. The summed E-state index contributed by atoms with van der Waals surface area (Å²) in [6, 6.07) is 7.78. The predicted octanol–water partition coefficient (Wildman–Crippen LogP) is 3.31. The summed E-state index contributed by atoms with van der Waals surface area (Å²) in [6.45, 7) is 4.36. The molecule has 1 aliphatic carbocycles. The average molecular weight is 336 g/mol. The third kappa shape index (κ3) is 4.18. The topological polar surface area (TPSA) is 36.9 Å². The van der Waals surface area contributed by atoms with Crippen LogP contribution in [0.15, 0.2) is 29.3 Å². The summed E-state index contributed by atoms with van der Waals surface area (Å²) in [5.41, 5.74) is 1.74. The third-order valence-corrected chi connectivity index (χ3v) is 5.33. The van der Waals surface area contributed by atoms with Crippen LogP contribution >= 0.6 is 11.6 Å². The molecule has 2 fully saturated rings. The van der Waals surface area contributed by atoms with Gasteiger partial charge in [0.25, 0.3) is 0 Å². The van der Waals surface area contributed by atoms with E-state index in [2.05, 4.69) is 15.2 Å². The van der Waals surface area contributed by atoms with Gasteiger partial charge in [-0.1, -0.05) is 30.2 Å². The van der Waals surface area contributed by atoms with E-state index in [1.807, 2.05) is 31.3 Å². The van der Waals surface area contributed by atoms with E-state index < -0.39 is 0 Å². The molecule has 1 saturated heterocycles. The van der Waals surface area contributed by atoms with Crippen molar-refractivity contribution in [1.82, 2.24) is 10.2 Å². The normalized spacial score (nSPS) is 19.9. The lowest BCUT2D eigenvalue weighted by atomic mass is 9.68. The molecule has 0 bridgehead atoms. The van der Waals surface area contributed by atoms with Crippen molar-refractivity contribution in [2.24, 2.45) is 10.4 Å². The lowest BCUT2D eigenvalue weighted by molar-refractivity contribution is 0.124. The smallest absolute Gasteiger partial charge is 0.193 e. The van der Waals surface area contributed by atoms with Gasteiger partial charge in [0.15, 0.2) is 5.96 Å². The van der Waals surface area contributed by atoms with Gasteiger partial charge in [0.2, 0.25) is 0 Å². The first kappa shape index (κ1) is 16.6. The molecular formula is C18H26ClN3O. The van der Waals surface area contributed by atoms with Crippen molar-refractivity contribution in [3.8, 4) is 0 Å². The average Bonchev–Trinajstić information content (AvgIpc) is 2.98. The molecule has 1 aliphatic heterocycles. The molecule has 1 spiro atoms. The Labute approximate surface area is 143 Å². The summed E-state index contributed by atoms with van der Waals surface area (Å²) in [5, 5.41) is 4.18. The number of halogens is 1. The standard InChI is InChI=1S/C18H26ClN3O/c1-20-17(22-11-9-18(14-22)7-2-8-18)21-10-12-23-13-15-3-5-16(19)6-4-15/h3-6H,2,7-14H2,1H3,(H,20,21). The van der Waals surface area contributed by atoms with Crippen LogP contribution in [-0.4, -0.2) is 44.1 Å². The van der Waals surface area contributed by atoms with Crippen LogP contribution in [0.2, 0.25) is 5.02 Å². The van der Waals surface area contributed by atoms with Gasteiger partial charge in [-0.05, 0) is 42.4 Å². The Bertz CT molecular complexity index is 540. The second-order valence-corrected chi connectivity index (χ2v) is 7.11. The Balaban J connectivity index is 1.35. The zero-order valence-corrected chi connectivity index (χ0v) is 14.6. The van der Waals surface area contributed by atoms with Crippen molar-refractivity contribution in [1.29, 1.82) is 0 Å². The third-order valence-electron chi connectivity index (χ3n) is 5.08. The monoisotopic (exact) mass is 335 g/mol. The number of benzene rings is 1. The van der Waals surface area contributed by atoms with Crippen molar-refractivity contribution in [2.75, 3.05) is 33.3 Å². The molecule has 1 aromatic carbocycles. The van der Waals surface area contributed by atoms with Crippen LogP contribution in [0.5, 0.6) is 0 Å². The number of guanidine groups is 1. The van der Waals surface area contributed by atoms with E-state index in [0.717, 1.165) is 36.2 Å². The number of rotatable bonds is 5. The van der Waals surface area contributed by atoms with E-state index in [4.69, 9.17) is 16.3 Å². The minimum absolute atomic E-state index is 0.600. The number of ether oxygens (including phenoxy) is 1. The lowest BCUT2D eigenvalue weighted by Gasteiger charge is -2.38. The fourth-order valence-corrected chi connectivity index (χ4v) is 3.66. The molecular weight excluding hydrogens is 310 g/mol. The van der Waals surface area contributed by atoms with Crippen LogP contribution in [0, 0.1) is 5.41 Å². The highest BCUT2D eigenvalue weighted by Crippen LogP contribution is 2.47. The first-order chi connectivity index (χ1) is 11.2. The Morgan fingerprint density at radius 1 is 1.30 bits per heavy atom. The summed E-state index contributed by atoms with van der Waals surface area (Å²) in [6.07, 6.45) is 5.51. The van der Waals surface area contributed by atoms with Crippen molar-refractivity contribution >= 4 is 17.6 Å².